The minimum atomic E-state index is -0.803. The number of hydrogen-bond donors (Lipinski definition) is 3. The Balaban J connectivity index is 1.61. The molecule has 0 aliphatic rings. The van der Waals surface area contributed by atoms with E-state index in [0.717, 1.165) is 10.0 Å². The molecule has 3 aromatic rings. The lowest BCUT2D eigenvalue weighted by atomic mass is 10.1. The summed E-state index contributed by atoms with van der Waals surface area (Å²) in [6, 6.07) is 19.2. The zero-order valence-electron chi connectivity index (χ0n) is 15.9. The van der Waals surface area contributed by atoms with E-state index in [1.54, 1.807) is 29.6 Å². The predicted molar refractivity (Wildman–Crippen MR) is 122 cm³/mol. The molecule has 1 aromatic heterocycles. The first-order chi connectivity index (χ1) is 14.5. The number of thiophene rings is 1. The maximum Gasteiger partial charge on any atom is 0.262 e. The number of benzene rings is 2. The van der Waals surface area contributed by atoms with Crippen molar-refractivity contribution in [3.8, 4) is 0 Å². The van der Waals surface area contributed by atoms with E-state index in [1.807, 2.05) is 42.5 Å². The third-order valence-corrected chi connectivity index (χ3v) is 5.60. The highest BCUT2D eigenvalue weighted by Crippen LogP contribution is 2.14. The van der Waals surface area contributed by atoms with Crippen LogP contribution in [0, 0.1) is 0 Å². The second-order valence-corrected chi connectivity index (χ2v) is 8.33. The zero-order chi connectivity index (χ0) is 21.3. The minimum absolute atomic E-state index is 0.199. The summed E-state index contributed by atoms with van der Waals surface area (Å²) >= 11 is 4.64. The largest absolute Gasteiger partial charge is 0.345 e. The van der Waals surface area contributed by atoms with Crippen LogP contribution in [0.4, 0.5) is 5.69 Å². The lowest BCUT2D eigenvalue weighted by Crippen LogP contribution is -2.49. The average Bonchev–Trinajstić information content (AvgIpc) is 3.29. The Morgan fingerprint density at radius 3 is 2.33 bits per heavy atom. The van der Waals surface area contributed by atoms with Gasteiger partial charge in [-0.15, -0.1) is 11.3 Å². The van der Waals surface area contributed by atoms with E-state index in [-0.39, 0.29) is 18.4 Å². The maximum atomic E-state index is 12.7. The van der Waals surface area contributed by atoms with E-state index in [2.05, 4.69) is 31.9 Å². The molecule has 0 saturated heterocycles. The number of carbonyl (C=O) groups is 3. The molecule has 0 bridgehead atoms. The van der Waals surface area contributed by atoms with E-state index in [9.17, 15) is 14.4 Å². The highest BCUT2D eigenvalue weighted by molar-refractivity contribution is 9.10. The molecule has 1 heterocycles. The van der Waals surface area contributed by atoms with Crippen molar-refractivity contribution in [1.29, 1.82) is 0 Å². The molecule has 0 fully saturated rings. The molecule has 154 valence electrons. The lowest BCUT2D eigenvalue weighted by molar-refractivity contribution is -0.125. The monoisotopic (exact) mass is 485 g/mol. The van der Waals surface area contributed by atoms with Crippen LogP contribution < -0.4 is 16.0 Å². The van der Waals surface area contributed by atoms with Crippen LogP contribution in [0.15, 0.2) is 76.6 Å². The van der Waals surface area contributed by atoms with Crippen LogP contribution in [-0.4, -0.2) is 30.3 Å². The standard InChI is InChI=1S/C22H20BrN3O3S/c23-16-8-10-17(11-9-16)25-20(27)14-24-21(28)18(13-15-5-2-1-3-6-15)26-22(29)19-7-4-12-30-19/h1-12,18H,13-14H2,(H,24,28)(H,25,27)(H,26,29). The van der Waals surface area contributed by atoms with Crippen LogP contribution in [0.1, 0.15) is 15.2 Å². The number of hydrogen-bond acceptors (Lipinski definition) is 4. The Kier molecular flexibility index (Phi) is 7.75. The number of halogens is 1. The number of carbonyl (C=O) groups excluding carboxylic acids is 3. The fourth-order valence-electron chi connectivity index (χ4n) is 2.73. The predicted octanol–water partition coefficient (Wildman–Crippen LogP) is 3.61. The van der Waals surface area contributed by atoms with Crippen LogP contribution in [0.25, 0.3) is 0 Å². The number of amides is 3. The van der Waals surface area contributed by atoms with E-state index in [0.29, 0.717) is 17.0 Å². The van der Waals surface area contributed by atoms with Crippen LogP contribution in [0.5, 0.6) is 0 Å². The van der Waals surface area contributed by atoms with Gasteiger partial charge in [0.05, 0.1) is 11.4 Å². The van der Waals surface area contributed by atoms with Gasteiger partial charge in [0.1, 0.15) is 6.04 Å². The Morgan fingerprint density at radius 2 is 1.67 bits per heavy atom. The summed E-state index contributed by atoms with van der Waals surface area (Å²) in [6.45, 7) is -0.199. The van der Waals surface area contributed by atoms with Crippen LogP contribution in [0.2, 0.25) is 0 Å². The summed E-state index contributed by atoms with van der Waals surface area (Å²) in [5.74, 6) is -1.09. The van der Waals surface area contributed by atoms with Gasteiger partial charge in [0, 0.05) is 16.6 Å². The van der Waals surface area contributed by atoms with Crippen molar-refractivity contribution < 1.29 is 14.4 Å². The third kappa shape index (κ3) is 6.53. The van der Waals surface area contributed by atoms with Gasteiger partial charge >= 0.3 is 0 Å². The van der Waals surface area contributed by atoms with Gasteiger partial charge < -0.3 is 16.0 Å². The third-order valence-electron chi connectivity index (χ3n) is 4.20. The number of anilines is 1. The highest BCUT2D eigenvalue weighted by Gasteiger charge is 2.22. The van der Waals surface area contributed by atoms with E-state index < -0.39 is 11.9 Å². The molecule has 0 spiro atoms. The number of nitrogens with one attached hydrogen (secondary N) is 3. The van der Waals surface area contributed by atoms with Gasteiger partial charge in [0.15, 0.2) is 0 Å². The van der Waals surface area contributed by atoms with Crippen molar-refractivity contribution in [2.24, 2.45) is 0 Å². The first-order valence-corrected chi connectivity index (χ1v) is 10.9. The van der Waals surface area contributed by atoms with Gasteiger partial charge in [-0.3, -0.25) is 14.4 Å². The van der Waals surface area contributed by atoms with E-state index in [4.69, 9.17) is 0 Å². The summed E-state index contributed by atoms with van der Waals surface area (Å²) in [5.41, 5.74) is 1.53. The molecule has 1 unspecified atom stereocenters. The van der Waals surface area contributed by atoms with Gasteiger partial charge in [-0.25, -0.2) is 0 Å². The topological polar surface area (TPSA) is 87.3 Å². The molecule has 30 heavy (non-hydrogen) atoms. The van der Waals surface area contributed by atoms with Crippen molar-refractivity contribution in [2.75, 3.05) is 11.9 Å². The summed E-state index contributed by atoms with van der Waals surface area (Å²) in [7, 11) is 0. The molecule has 0 saturated carbocycles. The molecule has 3 amide bonds. The molecule has 0 radical (unpaired) electrons. The molecule has 3 rings (SSSR count). The molecule has 0 aliphatic heterocycles. The smallest absolute Gasteiger partial charge is 0.262 e. The van der Waals surface area contributed by atoms with Gasteiger partial charge in [0.25, 0.3) is 5.91 Å². The first kappa shape index (κ1) is 21.7. The van der Waals surface area contributed by atoms with Gasteiger partial charge in [-0.1, -0.05) is 52.3 Å². The Bertz CT molecular complexity index is 992. The molecule has 3 N–H and O–H groups in total. The van der Waals surface area contributed by atoms with Crippen molar-refractivity contribution in [3.05, 3.63) is 87.0 Å². The Hall–Kier alpha value is -2.97. The van der Waals surface area contributed by atoms with Crippen molar-refractivity contribution in [1.82, 2.24) is 10.6 Å². The second-order valence-electron chi connectivity index (χ2n) is 6.47. The van der Waals surface area contributed by atoms with Crippen molar-refractivity contribution >= 4 is 50.7 Å². The lowest BCUT2D eigenvalue weighted by Gasteiger charge is -2.18. The fraction of sp³-hybridized carbons (Fsp3) is 0.136. The Morgan fingerprint density at radius 1 is 0.933 bits per heavy atom. The Labute approximate surface area is 186 Å². The van der Waals surface area contributed by atoms with Crippen LogP contribution in [-0.2, 0) is 16.0 Å². The molecule has 8 heteroatoms. The van der Waals surface area contributed by atoms with Gasteiger partial charge in [0.2, 0.25) is 11.8 Å². The molecular weight excluding hydrogens is 466 g/mol. The van der Waals surface area contributed by atoms with Crippen LogP contribution >= 0.6 is 27.3 Å². The second kappa shape index (κ2) is 10.7. The fourth-order valence-corrected chi connectivity index (χ4v) is 3.62. The van der Waals surface area contributed by atoms with Crippen LogP contribution in [0.3, 0.4) is 0 Å². The summed E-state index contributed by atoms with van der Waals surface area (Å²) in [6.07, 6.45) is 0.318. The molecule has 2 aromatic carbocycles. The van der Waals surface area contributed by atoms with Gasteiger partial charge in [-0.05, 0) is 41.3 Å². The summed E-state index contributed by atoms with van der Waals surface area (Å²) < 4.78 is 0.902. The zero-order valence-corrected chi connectivity index (χ0v) is 18.3. The highest BCUT2D eigenvalue weighted by atomic mass is 79.9. The van der Waals surface area contributed by atoms with Crippen molar-refractivity contribution in [2.45, 2.75) is 12.5 Å². The summed E-state index contributed by atoms with van der Waals surface area (Å²) in [4.78, 5) is 37.9. The quantitative estimate of drug-likeness (QED) is 0.455. The van der Waals surface area contributed by atoms with E-state index in [1.165, 1.54) is 11.3 Å². The minimum Gasteiger partial charge on any atom is -0.345 e. The van der Waals surface area contributed by atoms with E-state index >= 15 is 0 Å². The summed E-state index contributed by atoms with van der Waals surface area (Å²) in [5, 5.41) is 9.90. The molecule has 6 nitrogen and oxygen atoms in total. The SMILES string of the molecule is O=C(CNC(=O)C(Cc1ccccc1)NC(=O)c1cccs1)Nc1ccc(Br)cc1. The molecule has 0 aliphatic carbocycles. The first-order valence-electron chi connectivity index (χ1n) is 9.22. The number of rotatable bonds is 8. The average molecular weight is 486 g/mol. The normalized spacial score (nSPS) is 11.4. The molecule has 1 atom stereocenters. The maximum absolute atomic E-state index is 12.7. The van der Waals surface area contributed by atoms with Crippen molar-refractivity contribution in [3.63, 3.8) is 0 Å². The molecular formula is C22H20BrN3O3S. The van der Waals surface area contributed by atoms with Gasteiger partial charge in [-0.2, -0.15) is 0 Å².